The Morgan fingerprint density at radius 2 is 1.83 bits per heavy atom. The van der Waals surface area contributed by atoms with Crippen LogP contribution in [0.4, 0.5) is 15.3 Å². The van der Waals surface area contributed by atoms with Crippen LogP contribution in [0.2, 0.25) is 0 Å². The molecule has 3 N–H and O–H groups in total. The molecule has 1 atom stereocenters. The van der Waals surface area contributed by atoms with Gasteiger partial charge in [-0.3, -0.25) is 14.9 Å². The van der Waals surface area contributed by atoms with Crippen LogP contribution in [-0.2, 0) is 22.6 Å². The van der Waals surface area contributed by atoms with E-state index in [0.717, 1.165) is 4.88 Å². The quantitative estimate of drug-likeness (QED) is 0.211. The molecule has 3 amide bonds. The Bertz CT molecular complexity index is 1020. The Morgan fingerprint density at radius 3 is 2.39 bits per heavy atom. The topological polar surface area (TPSA) is 151 Å². The second kappa shape index (κ2) is 13.4. The lowest BCUT2D eigenvalue weighted by Crippen LogP contribution is -2.49. The van der Waals surface area contributed by atoms with Crippen LogP contribution in [0.5, 0.6) is 0 Å². The standard InChI is InChI=1S/C24H32N4O7S/c1-24(2,3)35-23(32)26-20(8-4-5-13-25-22(30)31)21(29)27(16-19-7-6-14-36-19)15-17-9-11-18(12-10-17)28(33)34/h6-7,9-12,14,20,25H,4-5,8,13,15-16H2,1-3H3,(H,26,32)(H,30,31)/t20-/m1/s1. The number of nitro groups is 1. The Morgan fingerprint density at radius 1 is 1.14 bits per heavy atom. The number of benzene rings is 1. The zero-order valence-electron chi connectivity index (χ0n) is 20.6. The van der Waals surface area contributed by atoms with E-state index in [0.29, 0.717) is 24.9 Å². The molecule has 0 aliphatic heterocycles. The molecule has 36 heavy (non-hydrogen) atoms. The molecule has 11 nitrogen and oxygen atoms in total. The lowest BCUT2D eigenvalue weighted by Gasteiger charge is -2.29. The maximum Gasteiger partial charge on any atom is 0.408 e. The number of rotatable bonds is 12. The number of unbranched alkanes of at least 4 members (excludes halogenated alkanes) is 1. The average molecular weight is 521 g/mol. The highest BCUT2D eigenvalue weighted by atomic mass is 32.1. The third-order valence-electron chi connectivity index (χ3n) is 4.94. The van der Waals surface area contributed by atoms with Crippen molar-refractivity contribution in [3.63, 3.8) is 0 Å². The van der Waals surface area contributed by atoms with Crippen molar-refractivity contribution in [1.82, 2.24) is 15.5 Å². The van der Waals surface area contributed by atoms with Crippen LogP contribution in [0.25, 0.3) is 0 Å². The van der Waals surface area contributed by atoms with E-state index >= 15 is 0 Å². The van der Waals surface area contributed by atoms with Crippen LogP contribution in [-0.4, -0.2) is 51.2 Å². The van der Waals surface area contributed by atoms with Crippen molar-refractivity contribution in [3.05, 3.63) is 62.3 Å². The second-order valence-corrected chi connectivity index (χ2v) is 10.2. The molecule has 0 radical (unpaired) electrons. The summed E-state index contributed by atoms with van der Waals surface area (Å²) in [5.41, 5.74) is -0.0973. The molecule has 1 heterocycles. The molecule has 1 aromatic carbocycles. The fourth-order valence-corrected chi connectivity index (χ4v) is 4.06. The SMILES string of the molecule is CC(C)(C)OC(=O)N[C@H](CCCCNC(=O)O)C(=O)N(Cc1ccc([N+](=O)[O-])cc1)Cc1cccs1. The molecule has 2 aromatic rings. The predicted molar refractivity (Wildman–Crippen MR) is 135 cm³/mol. The van der Waals surface area contributed by atoms with E-state index < -0.39 is 28.8 Å². The smallest absolute Gasteiger partial charge is 0.408 e. The third kappa shape index (κ3) is 10.3. The van der Waals surface area contributed by atoms with Crippen molar-refractivity contribution < 1.29 is 29.2 Å². The number of hydrogen-bond acceptors (Lipinski definition) is 7. The maximum absolute atomic E-state index is 13.7. The largest absolute Gasteiger partial charge is 0.465 e. The van der Waals surface area contributed by atoms with Crippen molar-refractivity contribution in [1.29, 1.82) is 0 Å². The molecule has 1 aromatic heterocycles. The Balaban J connectivity index is 2.21. The van der Waals surface area contributed by atoms with Gasteiger partial charge in [-0.15, -0.1) is 11.3 Å². The van der Waals surface area contributed by atoms with Gasteiger partial charge in [-0.2, -0.15) is 0 Å². The highest BCUT2D eigenvalue weighted by Crippen LogP contribution is 2.19. The van der Waals surface area contributed by atoms with Crippen LogP contribution < -0.4 is 10.6 Å². The summed E-state index contributed by atoms with van der Waals surface area (Å²) in [6.07, 6.45) is -0.604. The lowest BCUT2D eigenvalue weighted by atomic mass is 10.1. The molecule has 0 unspecified atom stereocenters. The van der Waals surface area contributed by atoms with E-state index in [1.165, 1.54) is 23.5 Å². The molecule has 0 saturated carbocycles. The van der Waals surface area contributed by atoms with Gasteiger partial charge < -0.3 is 25.4 Å². The monoisotopic (exact) mass is 520 g/mol. The van der Waals surface area contributed by atoms with Crippen molar-refractivity contribution >= 4 is 35.1 Å². The first-order valence-electron chi connectivity index (χ1n) is 11.5. The number of thiophene rings is 1. The number of non-ortho nitro benzene ring substituents is 1. The summed E-state index contributed by atoms with van der Waals surface area (Å²) in [7, 11) is 0. The Kier molecular flexibility index (Phi) is 10.7. The summed E-state index contributed by atoms with van der Waals surface area (Å²) >= 11 is 1.49. The normalized spacial score (nSPS) is 11.9. The predicted octanol–water partition coefficient (Wildman–Crippen LogP) is 4.52. The molecular weight excluding hydrogens is 488 g/mol. The van der Waals surface area contributed by atoms with Crippen LogP contribution in [0.15, 0.2) is 41.8 Å². The van der Waals surface area contributed by atoms with E-state index in [1.54, 1.807) is 37.8 Å². The first-order valence-corrected chi connectivity index (χ1v) is 12.3. The maximum atomic E-state index is 13.7. The number of hydrogen-bond donors (Lipinski definition) is 3. The molecule has 196 valence electrons. The molecule has 0 aliphatic carbocycles. The van der Waals surface area contributed by atoms with E-state index in [-0.39, 0.29) is 31.1 Å². The zero-order valence-corrected chi connectivity index (χ0v) is 21.4. The molecule has 0 saturated heterocycles. The summed E-state index contributed by atoms with van der Waals surface area (Å²) < 4.78 is 5.34. The molecular formula is C24H32N4O7S. The number of alkyl carbamates (subject to hydrolysis) is 1. The van der Waals surface area contributed by atoms with Crippen molar-refractivity contribution in [2.75, 3.05) is 6.54 Å². The van der Waals surface area contributed by atoms with Gasteiger partial charge >= 0.3 is 12.2 Å². The van der Waals surface area contributed by atoms with E-state index in [9.17, 15) is 24.5 Å². The average Bonchev–Trinajstić information content (AvgIpc) is 3.29. The number of carbonyl (C=O) groups is 3. The van der Waals surface area contributed by atoms with Crippen LogP contribution >= 0.6 is 11.3 Å². The highest BCUT2D eigenvalue weighted by Gasteiger charge is 2.28. The van der Waals surface area contributed by atoms with Crippen LogP contribution in [0, 0.1) is 10.1 Å². The van der Waals surface area contributed by atoms with Gasteiger partial charge in [0, 0.05) is 30.1 Å². The van der Waals surface area contributed by atoms with Gasteiger partial charge in [0.05, 0.1) is 11.5 Å². The van der Waals surface area contributed by atoms with Crippen molar-refractivity contribution in [2.24, 2.45) is 0 Å². The molecule has 0 aliphatic rings. The highest BCUT2D eigenvalue weighted by molar-refractivity contribution is 7.09. The lowest BCUT2D eigenvalue weighted by molar-refractivity contribution is -0.384. The van der Waals surface area contributed by atoms with Crippen LogP contribution in [0.3, 0.4) is 0 Å². The minimum Gasteiger partial charge on any atom is -0.465 e. The Labute approximate surface area is 213 Å². The summed E-state index contributed by atoms with van der Waals surface area (Å²) in [6, 6.07) is 8.84. The first-order chi connectivity index (χ1) is 16.9. The van der Waals surface area contributed by atoms with Gasteiger partial charge in [0.2, 0.25) is 5.91 Å². The van der Waals surface area contributed by atoms with Gasteiger partial charge in [-0.25, -0.2) is 9.59 Å². The minimum absolute atomic E-state index is 0.0469. The molecule has 2 rings (SSSR count). The molecule has 12 heteroatoms. The molecule has 0 bridgehead atoms. The van der Waals surface area contributed by atoms with Gasteiger partial charge in [-0.1, -0.05) is 18.2 Å². The second-order valence-electron chi connectivity index (χ2n) is 9.12. The van der Waals surface area contributed by atoms with Gasteiger partial charge in [0.1, 0.15) is 11.6 Å². The van der Waals surface area contributed by atoms with Gasteiger partial charge in [0.25, 0.3) is 5.69 Å². The summed E-state index contributed by atoms with van der Waals surface area (Å²) in [4.78, 5) is 49.9. The Hall–Kier alpha value is -3.67. The number of nitrogens with zero attached hydrogens (tertiary/aromatic N) is 2. The van der Waals surface area contributed by atoms with Crippen molar-refractivity contribution in [3.8, 4) is 0 Å². The molecule has 0 spiro atoms. The van der Waals surface area contributed by atoms with Crippen LogP contribution in [0.1, 0.15) is 50.5 Å². The fourth-order valence-electron chi connectivity index (χ4n) is 3.34. The fraction of sp³-hybridized carbons (Fsp3) is 0.458. The number of carboxylic acid groups (broad SMARTS) is 1. The van der Waals surface area contributed by atoms with E-state index in [4.69, 9.17) is 9.84 Å². The number of amides is 3. The van der Waals surface area contributed by atoms with E-state index in [2.05, 4.69) is 10.6 Å². The summed E-state index contributed by atoms with van der Waals surface area (Å²) in [6.45, 7) is 5.86. The van der Waals surface area contributed by atoms with Crippen molar-refractivity contribution in [2.45, 2.75) is 64.8 Å². The summed E-state index contributed by atoms with van der Waals surface area (Å²) in [5.74, 6) is -0.334. The summed E-state index contributed by atoms with van der Waals surface area (Å²) in [5, 5.41) is 26.6. The van der Waals surface area contributed by atoms with E-state index in [1.807, 2.05) is 17.5 Å². The number of nitrogens with one attached hydrogen (secondary N) is 2. The number of ether oxygens (including phenoxy) is 1. The number of nitro benzene ring substituents is 1. The van der Waals surface area contributed by atoms with Gasteiger partial charge in [-0.05, 0) is 57.0 Å². The number of carbonyl (C=O) groups excluding carboxylic acids is 2. The third-order valence-corrected chi connectivity index (χ3v) is 5.81. The molecule has 0 fully saturated rings. The minimum atomic E-state index is -1.13. The first kappa shape index (κ1) is 28.6. The van der Waals surface area contributed by atoms with Gasteiger partial charge in [0.15, 0.2) is 0 Å². The zero-order chi connectivity index (χ0) is 26.7.